The van der Waals surface area contributed by atoms with Gasteiger partial charge in [-0.15, -0.1) is 5.10 Å². The molecule has 6 heteroatoms. The molecule has 0 radical (unpaired) electrons. The molecule has 0 spiro atoms. The summed E-state index contributed by atoms with van der Waals surface area (Å²) in [6, 6.07) is 1.35. The van der Waals surface area contributed by atoms with Crippen LogP contribution < -0.4 is 9.80 Å². The Labute approximate surface area is 152 Å². The predicted molar refractivity (Wildman–Crippen MR) is 98.7 cm³/mol. The Hall–Kier alpha value is -1.01. The van der Waals surface area contributed by atoms with Gasteiger partial charge >= 0.3 is 0 Å². The lowest BCUT2D eigenvalue weighted by molar-refractivity contribution is -1.04. The molecular weight excluding hydrogens is 312 g/mol. The zero-order valence-corrected chi connectivity index (χ0v) is 16.9. The SMILES string of the molecule is CC(C)C[C@@H](c1nnnn1C(C)(C)C)[NH+]1CC[NH+](C2CCCC2)CC1. The molecule has 1 atom stereocenters. The number of nitrogens with one attached hydrogen (secondary N) is 2. The average Bonchev–Trinajstić information content (AvgIpc) is 3.23. The van der Waals surface area contributed by atoms with E-state index in [0.29, 0.717) is 12.0 Å². The normalized spacial score (nSPS) is 27.1. The van der Waals surface area contributed by atoms with Crippen molar-refractivity contribution in [1.82, 2.24) is 20.2 Å². The Kier molecular flexibility index (Phi) is 5.78. The third-order valence-corrected chi connectivity index (χ3v) is 6.11. The molecule has 142 valence electrons. The van der Waals surface area contributed by atoms with Gasteiger partial charge in [-0.05, 0) is 62.8 Å². The van der Waals surface area contributed by atoms with E-state index < -0.39 is 0 Å². The maximum Gasteiger partial charge on any atom is 0.209 e. The number of tetrazole rings is 1. The van der Waals surface area contributed by atoms with Crippen LogP contribution in [0.2, 0.25) is 0 Å². The first-order valence-corrected chi connectivity index (χ1v) is 10.3. The van der Waals surface area contributed by atoms with Gasteiger partial charge in [0.15, 0.2) is 6.04 Å². The molecule has 0 unspecified atom stereocenters. The van der Waals surface area contributed by atoms with Gasteiger partial charge < -0.3 is 9.80 Å². The van der Waals surface area contributed by atoms with Crippen LogP contribution >= 0.6 is 0 Å². The van der Waals surface area contributed by atoms with Gasteiger partial charge in [0.25, 0.3) is 0 Å². The molecule has 1 aliphatic heterocycles. The standard InChI is InChI=1S/C19H36N6/c1-15(2)14-17(18-20-21-22-25(18)19(3,4)5)24-12-10-23(11-13-24)16-8-6-7-9-16/h15-17H,6-14H2,1-5H3/p+2/t17-/m0/s1. The molecule has 2 N–H and O–H groups in total. The molecule has 0 bridgehead atoms. The molecule has 1 aromatic rings. The molecule has 1 saturated carbocycles. The van der Waals surface area contributed by atoms with E-state index in [1.54, 1.807) is 4.90 Å². The van der Waals surface area contributed by atoms with Crippen LogP contribution in [0.4, 0.5) is 0 Å². The van der Waals surface area contributed by atoms with Gasteiger partial charge in [0, 0.05) is 6.42 Å². The summed E-state index contributed by atoms with van der Waals surface area (Å²) >= 11 is 0. The van der Waals surface area contributed by atoms with E-state index in [4.69, 9.17) is 0 Å². The Bertz CT molecular complexity index is 532. The zero-order chi connectivity index (χ0) is 18.0. The van der Waals surface area contributed by atoms with Gasteiger partial charge in [0.2, 0.25) is 5.82 Å². The molecule has 0 aromatic carbocycles. The highest BCUT2D eigenvalue weighted by atomic mass is 15.6. The molecule has 6 nitrogen and oxygen atoms in total. The number of piperazine rings is 1. The van der Waals surface area contributed by atoms with Gasteiger partial charge in [0.05, 0.1) is 11.6 Å². The molecule has 25 heavy (non-hydrogen) atoms. The highest BCUT2D eigenvalue weighted by Gasteiger charge is 2.38. The van der Waals surface area contributed by atoms with E-state index in [9.17, 15) is 0 Å². The van der Waals surface area contributed by atoms with Crippen molar-refractivity contribution in [2.24, 2.45) is 5.92 Å². The van der Waals surface area contributed by atoms with E-state index in [2.05, 4.69) is 54.8 Å². The summed E-state index contributed by atoms with van der Waals surface area (Å²) in [4.78, 5) is 3.55. The molecule has 2 fully saturated rings. The molecule has 3 rings (SSSR count). The van der Waals surface area contributed by atoms with Crippen molar-refractivity contribution in [2.75, 3.05) is 26.2 Å². The number of nitrogens with zero attached hydrogens (tertiary/aromatic N) is 4. The van der Waals surface area contributed by atoms with Gasteiger partial charge in [-0.1, -0.05) is 13.8 Å². The summed E-state index contributed by atoms with van der Waals surface area (Å²) < 4.78 is 2.06. The van der Waals surface area contributed by atoms with Crippen molar-refractivity contribution < 1.29 is 9.80 Å². The minimum Gasteiger partial charge on any atom is -0.323 e. The molecular formula is C19H38N6+2. The van der Waals surface area contributed by atoms with Crippen LogP contribution in [0.5, 0.6) is 0 Å². The third-order valence-electron chi connectivity index (χ3n) is 6.11. The van der Waals surface area contributed by atoms with E-state index >= 15 is 0 Å². The fourth-order valence-corrected chi connectivity index (χ4v) is 4.80. The first kappa shape index (κ1) is 18.8. The van der Waals surface area contributed by atoms with Crippen molar-refractivity contribution in [2.45, 2.75) is 84.3 Å². The Balaban J connectivity index is 1.73. The Morgan fingerprint density at radius 1 is 1.08 bits per heavy atom. The second-order valence-corrected chi connectivity index (χ2v) is 9.60. The summed E-state index contributed by atoms with van der Waals surface area (Å²) in [7, 11) is 0. The van der Waals surface area contributed by atoms with E-state index in [1.165, 1.54) is 51.9 Å². The fraction of sp³-hybridized carbons (Fsp3) is 0.947. The van der Waals surface area contributed by atoms with Crippen molar-refractivity contribution >= 4 is 0 Å². The summed E-state index contributed by atoms with van der Waals surface area (Å²) in [6.07, 6.45) is 6.94. The van der Waals surface area contributed by atoms with E-state index in [1.807, 2.05) is 4.90 Å². The fourth-order valence-electron chi connectivity index (χ4n) is 4.80. The summed E-state index contributed by atoms with van der Waals surface area (Å²) in [5.41, 5.74) is -0.0651. The van der Waals surface area contributed by atoms with Gasteiger partial charge in [-0.2, -0.15) is 0 Å². The number of quaternary nitrogens is 2. The number of hydrogen-bond acceptors (Lipinski definition) is 3. The topological polar surface area (TPSA) is 52.5 Å². The van der Waals surface area contributed by atoms with Gasteiger partial charge in [0.1, 0.15) is 26.2 Å². The number of rotatable bonds is 5. The Morgan fingerprint density at radius 3 is 2.28 bits per heavy atom. The number of hydrogen-bond donors (Lipinski definition) is 2. The van der Waals surface area contributed by atoms with Crippen LogP contribution in [0.3, 0.4) is 0 Å². The summed E-state index contributed by atoms with van der Waals surface area (Å²) in [5, 5.41) is 12.8. The van der Waals surface area contributed by atoms with Crippen LogP contribution in [0.25, 0.3) is 0 Å². The molecule has 0 amide bonds. The lowest BCUT2D eigenvalue weighted by Crippen LogP contribution is -3.29. The number of aromatic nitrogens is 4. The van der Waals surface area contributed by atoms with Gasteiger partial charge in [-0.25, -0.2) is 4.68 Å². The second kappa shape index (κ2) is 7.70. The smallest absolute Gasteiger partial charge is 0.209 e. The minimum atomic E-state index is -0.0651. The van der Waals surface area contributed by atoms with Crippen molar-refractivity contribution in [3.8, 4) is 0 Å². The average molecular weight is 351 g/mol. The monoisotopic (exact) mass is 350 g/mol. The molecule has 2 heterocycles. The quantitative estimate of drug-likeness (QED) is 0.800. The van der Waals surface area contributed by atoms with Crippen molar-refractivity contribution in [1.29, 1.82) is 0 Å². The van der Waals surface area contributed by atoms with E-state index in [0.717, 1.165) is 18.3 Å². The van der Waals surface area contributed by atoms with Crippen LogP contribution in [0.1, 0.15) is 78.6 Å². The van der Waals surface area contributed by atoms with Crippen molar-refractivity contribution in [3.63, 3.8) is 0 Å². The highest BCUT2D eigenvalue weighted by Crippen LogP contribution is 2.21. The lowest BCUT2D eigenvalue weighted by atomic mass is 9.99. The first-order valence-electron chi connectivity index (χ1n) is 10.3. The van der Waals surface area contributed by atoms with Gasteiger partial charge in [-0.3, -0.25) is 0 Å². The van der Waals surface area contributed by atoms with Crippen LogP contribution in [-0.2, 0) is 5.54 Å². The van der Waals surface area contributed by atoms with Crippen LogP contribution in [-0.4, -0.2) is 52.4 Å². The molecule has 1 saturated heterocycles. The minimum absolute atomic E-state index is 0.0651. The maximum atomic E-state index is 4.48. The third kappa shape index (κ3) is 4.40. The first-order chi connectivity index (χ1) is 11.9. The largest absolute Gasteiger partial charge is 0.323 e. The van der Waals surface area contributed by atoms with Crippen LogP contribution in [0.15, 0.2) is 0 Å². The highest BCUT2D eigenvalue weighted by molar-refractivity contribution is 4.92. The molecule has 1 aliphatic carbocycles. The molecule has 1 aromatic heterocycles. The summed E-state index contributed by atoms with van der Waals surface area (Å²) in [5.74, 6) is 1.74. The maximum absolute atomic E-state index is 4.48. The Morgan fingerprint density at radius 2 is 1.72 bits per heavy atom. The predicted octanol–water partition coefficient (Wildman–Crippen LogP) is 0.241. The van der Waals surface area contributed by atoms with E-state index in [-0.39, 0.29) is 5.54 Å². The zero-order valence-electron chi connectivity index (χ0n) is 16.9. The van der Waals surface area contributed by atoms with Crippen LogP contribution in [0, 0.1) is 5.92 Å². The lowest BCUT2D eigenvalue weighted by Gasteiger charge is -2.37. The summed E-state index contributed by atoms with van der Waals surface area (Å²) in [6.45, 7) is 16.3. The molecule has 2 aliphatic rings. The van der Waals surface area contributed by atoms with Crippen molar-refractivity contribution in [3.05, 3.63) is 5.82 Å². The second-order valence-electron chi connectivity index (χ2n) is 9.60.